The molecule has 0 bridgehead atoms. The smallest absolute Gasteiger partial charge is 0.183 e. The quantitative estimate of drug-likeness (QED) is 0.203. The fraction of sp³-hybridized carbons (Fsp3) is 0.792. The fourth-order valence-corrected chi connectivity index (χ4v) is 3.20. The first-order chi connectivity index (χ1) is 12.6. The molecule has 1 heterocycles. The molecule has 0 N–H and O–H groups in total. The Morgan fingerprint density at radius 1 is 0.769 bits per heavy atom. The third-order valence-electron chi connectivity index (χ3n) is 4.83. The standard InChI is InChI=1S/C24H43NO/c1-4-5-6-7-8-9-10-11-12-13-14-15-16-17-18-19-20-21-23-25-24(2,3)22-26-23/h9-10,17-18H,4-8,11-16,19-22H2,1-3H3/b10-9-,18-17-. The van der Waals surface area contributed by atoms with Crippen molar-refractivity contribution in [1.29, 1.82) is 0 Å². The second-order valence-electron chi connectivity index (χ2n) is 8.28. The molecular formula is C24H43NO. The van der Waals surface area contributed by atoms with Crippen molar-refractivity contribution >= 4 is 5.90 Å². The van der Waals surface area contributed by atoms with E-state index < -0.39 is 0 Å². The molecule has 0 atom stereocenters. The summed E-state index contributed by atoms with van der Waals surface area (Å²) < 4.78 is 5.62. The lowest BCUT2D eigenvalue weighted by Crippen LogP contribution is -2.17. The number of hydrogen-bond donors (Lipinski definition) is 0. The van der Waals surface area contributed by atoms with E-state index in [0.717, 1.165) is 31.8 Å². The Hall–Kier alpha value is -1.05. The molecule has 0 saturated heterocycles. The number of aliphatic imine (C=N–C) groups is 1. The van der Waals surface area contributed by atoms with Gasteiger partial charge < -0.3 is 4.74 Å². The Labute approximate surface area is 163 Å². The highest BCUT2D eigenvalue weighted by atomic mass is 16.5. The summed E-state index contributed by atoms with van der Waals surface area (Å²) in [6.07, 6.45) is 27.5. The van der Waals surface area contributed by atoms with Gasteiger partial charge in [0.1, 0.15) is 6.61 Å². The zero-order chi connectivity index (χ0) is 18.9. The van der Waals surface area contributed by atoms with Crippen molar-refractivity contribution in [2.45, 2.75) is 116 Å². The minimum Gasteiger partial charge on any atom is -0.478 e. The molecule has 0 aromatic rings. The maximum atomic E-state index is 5.62. The Morgan fingerprint density at radius 3 is 1.73 bits per heavy atom. The van der Waals surface area contributed by atoms with Gasteiger partial charge in [-0.1, -0.05) is 63.3 Å². The van der Waals surface area contributed by atoms with Crippen molar-refractivity contribution in [1.82, 2.24) is 0 Å². The van der Waals surface area contributed by atoms with Crippen LogP contribution < -0.4 is 0 Å². The summed E-state index contributed by atoms with van der Waals surface area (Å²) in [5.74, 6) is 0.957. The molecule has 0 aromatic heterocycles. The molecular weight excluding hydrogens is 318 g/mol. The summed E-state index contributed by atoms with van der Waals surface area (Å²) in [5.41, 5.74) is -0.00437. The maximum absolute atomic E-state index is 5.62. The molecule has 0 amide bonds. The minimum absolute atomic E-state index is 0.00437. The molecule has 0 fully saturated rings. The van der Waals surface area contributed by atoms with E-state index in [0.29, 0.717) is 0 Å². The van der Waals surface area contributed by atoms with Gasteiger partial charge in [0.05, 0.1) is 5.54 Å². The number of rotatable bonds is 16. The van der Waals surface area contributed by atoms with Crippen LogP contribution in [-0.4, -0.2) is 18.0 Å². The van der Waals surface area contributed by atoms with Crippen LogP contribution in [0.5, 0.6) is 0 Å². The molecule has 0 aliphatic carbocycles. The molecule has 2 heteroatoms. The summed E-state index contributed by atoms with van der Waals surface area (Å²) >= 11 is 0. The van der Waals surface area contributed by atoms with Gasteiger partial charge in [0, 0.05) is 6.42 Å². The summed E-state index contributed by atoms with van der Waals surface area (Å²) in [7, 11) is 0. The second-order valence-corrected chi connectivity index (χ2v) is 8.28. The van der Waals surface area contributed by atoms with Crippen LogP contribution in [0.1, 0.15) is 111 Å². The maximum Gasteiger partial charge on any atom is 0.183 e. The van der Waals surface area contributed by atoms with Crippen LogP contribution in [0.15, 0.2) is 29.3 Å². The van der Waals surface area contributed by atoms with E-state index in [1.165, 1.54) is 70.6 Å². The molecule has 0 unspecified atom stereocenters. The molecule has 1 rings (SSSR count). The van der Waals surface area contributed by atoms with Gasteiger partial charge in [0.15, 0.2) is 5.90 Å². The first-order valence-corrected chi connectivity index (χ1v) is 11.2. The number of nitrogens with zero attached hydrogens (tertiary/aromatic N) is 1. The normalized spacial score (nSPS) is 16.5. The van der Waals surface area contributed by atoms with Crippen LogP contribution in [0, 0.1) is 0 Å². The predicted octanol–water partition coefficient (Wildman–Crippen LogP) is 7.79. The zero-order valence-corrected chi connectivity index (χ0v) is 17.8. The van der Waals surface area contributed by atoms with Gasteiger partial charge in [0.25, 0.3) is 0 Å². The van der Waals surface area contributed by atoms with Gasteiger partial charge in [-0.15, -0.1) is 0 Å². The van der Waals surface area contributed by atoms with E-state index in [-0.39, 0.29) is 5.54 Å². The zero-order valence-electron chi connectivity index (χ0n) is 17.8. The number of allylic oxidation sites excluding steroid dienone is 4. The highest BCUT2D eigenvalue weighted by Gasteiger charge is 2.25. The molecule has 0 saturated carbocycles. The van der Waals surface area contributed by atoms with Crippen molar-refractivity contribution in [3.05, 3.63) is 24.3 Å². The third-order valence-corrected chi connectivity index (χ3v) is 4.83. The summed E-state index contributed by atoms with van der Waals surface area (Å²) in [6, 6.07) is 0. The van der Waals surface area contributed by atoms with E-state index >= 15 is 0 Å². The van der Waals surface area contributed by atoms with Crippen molar-refractivity contribution in [3.63, 3.8) is 0 Å². The average Bonchev–Trinajstić information content (AvgIpc) is 2.96. The summed E-state index contributed by atoms with van der Waals surface area (Å²) in [5, 5.41) is 0. The van der Waals surface area contributed by atoms with E-state index in [9.17, 15) is 0 Å². The van der Waals surface area contributed by atoms with Gasteiger partial charge in [-0.05, 0) is 65.2 Å². The van der Waals surface area contributed by atoms with E-state index in [4.69, 9.17) is 4.74 Å². The molecule has 26 heavy (non-hydrogen) atoms. The SMILES string of the molecule is CCCCCC/C=C\CCCCCC/C=C\CCCC1=NC(C)(C)CO1. The van der Waals surface area contributed by atoms with Crippen LogP contribution in [0.25, 0.3) is 0 Å². The number of unbranched alkanes of at least 4 members (excludes halogenated alkanes) is 10. The average molecular weight is 362 g/mol. The van der Waals surface area contributed by atoms with Crippen LogP contribution in [0.3, 0.4) is 0 Å². The van der Waals surface area contributed by atoms with E-state index in [1.807, 2.05) is 0 Å². The molecule has 1 aliphatic rings. The van der Waals surface area contributed by atoms with Crippen molar-refractivity contribution in [3.8, 4) is 0 Å². The first-order valence-electron chi connectivity index (χ1n) is 11.2. The first kappa shape index (κ1) is 23.0. The van der Waals surface area contributed by atoms with Crippen LogP contribution in [0.4, 0.5) is 0 Å². The van der Waals surface area contributed by atoms with Crippen LogP contribution in [0.2, 0.25) is 0 Å². The summed E-state index contributed by atoms with van der Waals surface area (Å²) in [4.78, 5) is 4.60. The van der Waals surface area contributed by atoms with E-state index in [1.54, 1.807) is 0 Å². The number of hydrogen-bond acceptors (Lipinski definition) is 2. The lowest BCUT2D eigenvalue weighted by atomic mass is 10.1. The van der Waals surface area contributed by atoms with Gasteiger partial charge in [-0.25, -0.2) is 4.99 Å². The third kappa shape index (κ3) is 13.2. The largest absolute Gasteiger partial charge is 0.478 e. The highest BCUT2D eigenvalue weighted by Crippen LogP contribution is 2.19. The van der Waals surface area contributed by atoms with Gasteiger partial charge in [0.2, 0.25) is 0 Å². The second kappa shape index (κ2) is 15.1. The Morgan fingerprint density at radius 2 is 1.27 bits per heavy atom. The molecule has 0 spiro atoms. The highest BCUT2D eigenvalue weighted by molar-refractivity contribution is 5.78. The fourth-order valence-electron chi connectivity index (χ4n) is 3.20. The minimum atomic E-state index is -0.00437. The molecule has 1 aliphatic heterocycles. The molecule has 150 valence electrons. The van der Waals surface area contributed by atoms with Gasteiger partial charge in [-0.3, -0.25) is 0 Å². The van der Waals surface area contributed by atoms with Crippen LogP contribution >= 0.6 is 0 Å². The molecule has 0 radical (unpaired) electrons. The lowest BCUT2D eigenvalue weighted by molar-refractivity contribution is 0.273. The van der Waals surface area contributed by atoms with Gasteiger partial charge >= 0.3 is 0 Å². The van der Waals surface area contributed by atoms with Crippen molar-refractivity contribution in [2.75, 3.05) is 6.61 Å². The molecule has 0 aromatic carbocycles. The Kier molecular flexibility index (Phi) is 13.3. The van der Waals surface area contributed by atoms with Crippen LogP contribution in [-0.2, 0) is 4.74 Å². The van der Waals surface area contributed by atoms with E-state index in [2.05, 4.69) is 50.1 Å². The number of ether oxygens (including phenoxy) is 1. The van der Waals surface area contributed by atoms with Gasteiger partial charge in [-0.2, -0.15) is 0 Å². The van der Waals surface area contributed by atoms with Crippen molar-refractivity contribution in [2.24, 2.45) is 4.99 Å². The molecule has 2 nitrogen and oxygen atoms in total. The summed E-state index contributed by atoms with van der Waals surface area (Å²) in [6.45, 7) is 7.27. The lowest BCUT2D eigenvalue weighted by Gasteiger charge is -2.07. The monoisotopic (exact) mass is 361 g/mol. The van der Waals surface area contributed by atoms with Crippen molar-refractivity contribution < 1.29 is 4.74 Å². The predicted molar refractivity (Wildman–Crippen MR) is 116 cm³/mol. The topological polar surface area (TPSA) is 21.6 Å². The Balaban J connectivity index is 1.81. The Bertz CT molecular complexity index is 420.